The molecule has 0 fully saturated rings. The van der Waals surface area contributed by atoms with Crippen LogP contribution in [-0.4, -0.2) is 53.0 Å². The highest BCUT2D eigenvalue weighted by molar-refractivity contribution is 7.92. The van der Waals surface area contributed by atoms with E-state index in [0.29, 0.717) is 0 Å². The number of nitrogens with one attached hydrogen (secondary N) is 1. The molecule has 0 aliphatic heterocycles. The maximum atomic E-state index is 12.4. The summed E-state index contributed by atoms with van der Waals surface area (Å²) in [7, 11) is -5.41. The quantitative estimate of drug-likeness (QED) is 0.741. The molecule has 1 atom stereocenters. The standard InChI is InChI=1S/C11H18N2O5S2/c1-9(14)8-13(3)20(17,18)11-7-5-4-6-10(11)19(15,16)12-2/h4-7,9,12,14H,8H2,1-3H3/t9-/m0/s1. The van der Waals surface area contributed by atoms with Crippen LogP contribution in [0.1, 0.15) is 6.92 Å². The Morgan fingerprint density at radius 3 is 2.15 bits per heavy atom. The molecule has 0 aromatic heterocycles. The number of likely N-dealkylation sites (N-methyl/N-ethyl adjacent to an activating group) is 1. The molecule has 0 unspecified atom stereocenters. The largest absolute Gasteiger partial charge is 0.392 e. The monoisotopic (exact) mass is 322 g/mol. The van der Waals surface area contributed by atoms with Gasteiger partial charge in [-0.25, -0.2) is 21.6 Å². The Morgan fingerprint density at radius 1 is 1.20 bits per heavy atom. The molecule has 0 spiro atoms. The van der Waals surface area contributed by atoms with Crippen molar-refractivity contribution in [2.45, 2.75) is 22.8 Å². The fraction of sp³-hybridized carbons (Fsp3) is 0.455. The van der Waals surface area contributed by atoms with Crippen LogP contribution in [0.5, 0.6) is 0 Å². The smallest absolute Gasteiger partial charge is 0.244 e. The molecular formula is C11H18N2O5S2. The van der Waals surface area contributed by atoms with Crippen molar-refractivity contribution in [2.75, 3.05) is 20.6 Å². The van der Waals surface area contributed by atoms with Crippen molar-refractivity contribution >= 4 is 20.0 Å². The summed E-state index contributed by atoms with van der Waals surface area (Å²) >= 11 is 0. The third-order valence-corrected chi connectivity index (χ3v) is 6.10. The molecule has 0 radical (unpaired) electrons. The van der Waals surface area contributed by atoms with E-state index in [9.17, 15) is 21.9 Å². The van der Waals surface area contributed by atoms with Crippen LogP contribution in [0.4, 0.5) is 0 Å². The van der Waals surface area contributed by atoms with Crippen molar-refractivity contribution in [3.8, 4) is 0 Å². The lowest BCUT2D eigenvalue weighted by molar-refractivity contribution is 0.171. The van der Waals surface area contributed by atoms with Gasteiger partial charge < -0.3 is 5.11 Å². The van der Waals surface area contributed by atoms with Gasteiger partial charge in [0.05, 0.1) is 6.10 Å². The van der Waals surface area contributed by atoms with Crippen LogP contribution in [0.3, 0.4) is 0 Å². The van der Waals surface area contributed by atoms with Crippen LogP contribution in [0, 0.1) is 0 Å². The Kier molecular flexibility index (Phi) is 5.27. The van der Waals surface area contributed by atoms with E-state index in [4.69, 9.17) is 0 Å². The Labute approximate surface area is 119 Å². The first kappa shape index (κ1) is 17.1. The molecule has 0 bridgehead atoms. The van der Waals surface area contributed by atoms with Gasteiger partial charge in [-0.1, -0.05) is 12.1 Å². The third kappa shape index (κ3) is 3.55. The van der Waals surface area contributed by atoms with Crippen molar-refractivity contribution in [2.24, 2.45) is 0 Å². The van der Waals surface area contributed by atoms with Gasteiger partial charge in [-0.15, -0.1) is 0 Å². The molecule has 1 rings (SSSR count). The van der Waals surface area contributed by atoms with Gasteiger partial charge in [0.2, 0.25) is 20.0 Å². The number of hydrogen-bond donors (Lipinski definition) is 2. The van der Waals surface area contributed by atoms with E-state index in [1.807, 2.05) is 0 Å². The van der Waals surface area contributed by atoms with Gasteiger partial charge in [-0.3, -0.25) is 0 Å². The molecule has 0 saturated carbocycles. The van der Waals surface area contributed by atoms with Gasteiger partial charge in [0.1, 0.15) is 9.79 Å². The van der Waals surface area contributed by atoms with E-state index >= 15 is 0 Å². The van der Waals surface area contributed by atoms with E-state index in [1.54, 1.807) is 0 Å². The molecule has 0 aliphatic rings. The van der Waals surface area contributed by atoms with Crippen LogP contribution < -0.4 is 4.72 Å². The van der Waals surface area contributed by atoms with Crippen LogP contribution in [0.25, 0.3) is 0 Å². The van der Waals surface area contributed by atoms with E-state index in [0.717, 1.165) is 4.31 Å². The number of aliphatic hydroxyl groups is 1. The summed E-state index contributed by atoms with van der Waals surface area (Å²) in [6.07, 6.45) is -0.858. The highest BCUT2D eigenvalue weighted by Crippen LogP contribution is 2.23. The minimum absolute atomic E-state index is 0.129. The van der Waals surface area contributed by atoms with Crippen molar-refractivity contribution in [1.82, 2.24) is 9.03 Å². The molecule has 0 amide bonds. The maximum absolute atomic E-state index is 12.4. The van der Waals surface area contributed by atoms with E-state index in [1.165, 1.54) is 45.3 Å². The van der Waals surface area contributed by atoms with E-state index < -0.39 is 26.2 Å². The molecule has 1 aromatic carbocycles. The zero-order valence-corrected chi connectivity index (χ0v) is 13.1. The molecule has 1 aromatic rings. The number of rotatable bonds is 6. The van der Waals surface area contributed by atoms with E-state index in [2.05, 4.69) is 4.72 Å². The summed E-state index contributed by atoms with van der Waals surface area (Å²) in [6, 6.07) is 5.32. The van der Waals surface area contributed by atoms with Crippen molar-refractivity contribution in [3.63, 3.8) is 0 Å². The van der Waals surface area contributed by atoms with Crippen molar-refractivity contribution in [3.05, 3.63) is 24.3 Å². The third-order valence-electron chi connectivity index (χ3n) is 2.62. The summed E-state index contributed by atoms with van der Waals surface area (Å²) in [6.45, 7) is 1.32. The topological polar surface area (TPSA) is 104 Å². The first-order valence-corrected chi connectivity index (χ1v) is 8.72. The van der Waals surface area contributed by atoms with Gasteiger partial charge >= 0.3 is 0 Å². The number of benzene rings is 1. The average molecular weight is 322 g/mol. The lowest BCUT2D eigenvalue weighted by Crippen LogP contribution is -2.34. The van der Waals surface area contributed by atoms with Crippen molar-refractivity contribution in [1.29, 1.82) is 0 Å². The lowest BCUT2D eigenvalue weighted by Gasteiger charge is -2.20. The zero-order valence-electron chi connectivity index (χ0n) is 11.4. The Morgan fingerprint density at radius 2 is 1.70 bits per heavy atom. The maximum Gasteiger partial charge on any atom is 0.244 e. The van der Waals surface area contributed by atoms with Gasteiger partial charge in [0.15, 0.2) is 0 Å². The Hall–Kier alpha value is -1.00. The SMILES string of the molecule is CNS(=O)(=O)c1ccccc1S(=O)(=O)N(C)C[C@H](C)O. The summed E-state index contributed by atoms with van der Waals surface area (Å²) in [5.74, 6) is 0. The van der Waals surface area contributed by atoms with Crippen molar-refractivity contribution < 1.29 is 21.9 Å². The van der Waals surface area contributed by atoms with Gasteiger partial charge in [0.25, 0.3) is 0 Å². The minimum atomic E-state index is -4.00. The Balaban J connectivity index is 3.41. The second-order valence-corrected chi connectivity index (χ2v) is 8.16. The molecular weight excluding hydrogens is 304 g/mol. The predicted octanol–water partition coefficient (Wildman–Crippen LogP) is -0.404. The number of sulfonamides is 2. The molecule has 0 saturated heterocycles. The van der Waals surface area contributed by atoms with Gasteiger partial charge in [-0.05, 0) is 26.1 Å². The van der Waals surface area contributed by atoms with Gasteiger partial charge in [0, 0.05) is 13.6 Å². The first-order chi connectivity index (χ1) is 9.13. The first-order valence-electron chi connectivity index (χ1n) is 5.80. The summed E-state index contributed by atoms with van der Waals surface area (Å²) in [5.41, 5.74) is 0. The van der Waals surface area contributed by atoms with Crippen LogP contribution >= 0.6 is 0 Å². The van der Waals surface area contributed by atoms with Gasteiger partial charge in [-0.2, -0.15) is 4.31 Å². The Bertz CT molecular complexity index is 668. The highest BCUT2D eigenvalue weighted by atomic mass is 32.2. The second-order valence-electron chi connectivity index (χ2n) is 4.29. The molecule has 2 N–H and O–H groups in total. The minimum Gasteiger partial charge on any atom is -0.392 e. The molecule has 0 heterocycles. The number of aliphatic hydroxyl groups excluding tert-OH is 1. The average Bonchev–Trinajstić information content (AvgIpc) is 2.38. The number of hydrogen-bond acceptors (Lipinski definition) is 5. The van der Waals surface area contributed by atoms with Crippen LogP contribution in [0.2, 0.25) is 0 Å². The zero-order chi connectivity index (χ0) is 15.6. The van der Waals surface area contributed by atoms with E-state index in [-0.39, 0.29) is 16.3 Å². The predicted molar refractivity (Wildman–Crippen MR) is 74.2 cm³/mol. The number of nitrogens with zero attached hydrogens (tertiary/aromatic N) is 1. The normalized spacial score (nSPS) is 14.4. The fourth-order valence-electron chi connectivity index (χ4n) is 1.63. The lowest BCUT2D eigenvalue weighted by atomic mass is 10.4. The summed E-state index contributed by atoms with van der Waals surface area (Å²) in [5, 5.41) is 9.27. The molecule has 20 heavy (non-hydrogen) atoms. The molecule has 9 heteroatoms. The summed E-state index contributed by atoms with van der Waals surface area (Å²) in [4.78, 5) is -0.641. The fourth-order valence-corrected chi connectivity index (χ4v) is 4.41. The highest BCUT2D eigenvalue weighted by Gasteiger charge is 2.29. The molecule has 7 nitrogen and oxygen atoms in total. The second kappa shape index (κ2) is 6.19. The van der Waals surface area contributed by atoms with Crippen LogP contribution in [-0.2, 0) is 20.0 Å². The molecule has 114 valence electrons. The van der Waals surface area contributed by atoms with Crippen LogP contribution in [0.15, 0.2) is 34.1 Å². The summed E-state index contributed by atoms with van der Waals surface area (Å²) < 4.78 is 51.5. The molecule has 0 aliphatic carbocycles.